The number of nitrogens with one attached hydrogen (secondary N) is 3. The van der Waals surface area contributed by atoms with Crippen LogP contribution in [0.1, 0.15) is 22.3 Å². The van der Waals surface area contributed by atoms with Gasteiger partial charge in [-0.15, -0.1) is 4.83 Å². The molecule has 1 unspecified atom stereocenters. The normalized spacial score (nSPS) is 11.9. The Bertz CT molecular complexity index is 1060. The van der Waals surface area contributed by atoms with E-state index in [-0.39, 0.29) is 18.1 Å². The Morgan fingerprint density at radius 1 is 1.10 bits per heavy atom. The van der Waals surface area contributed by atoms with Gasteiger partial charge < -0.3 is 5.32 Å². The van der Waals surface area contributed by atoms with Crippen molar-refractivity contribution in [2.24, 2.45) is 0 Å². The highest BCUT2D eigenvalue weighted by Crippen LogP contribution is 2.27. The number of hydrogen-bond acceptors (Lipinski definition) is 5. The van der Waals surface area contributed by atoms with Gasteiger partial charge in [0.05, 0.1) is 17.6 Å². The number of hydrogen-bond donors (Lipinski definition) is 4. The monoisotopic (exact) mass is 419 g/mol. The predicted octanol–water partition coefficient (Wildman–Crippen LogP) is 3.76. The summed E-state index contributed by atoms with van der Waals surface area (Å²) in [7, 11) is 0. The van der Waals surface area contributed by atoms with Crippen LogP contribution in [0.25, 0.3) is 0 Å². The summed E-state index contributed by atoms with van der Waals surface area (Å²) in [6.45, 7) is 3.64. The van der Waals surface area contributed by atoms with E-state index < -0.39 is 17.1 Å². The first-order valence-electron chi connectivity index (χ1n) is 8.57. The highest BCUT2D eigenvalue weighted by atomic mass is 32.2. The molecule has 7 nitrogen and oxygen atoms in total. The maximum absolute atomic E-state index is 14.6. The molecule has 0 spiro atoms. The number of anilines is 3. The molecule has 0 aliphatic carbocycles. The standard InChI is InChI=1S/C19H19F2N5O2S/c1-11-3-4-16(15(20)7-11)24-17-10-22-9-14(12(17)2)8-13-5-6-23-19(18(13)21)25-26-29(27)28/h3-7,9-10,24,26H,8H2,1-2H3,(H,23,25)(H,27,28). The Labute approximate surface area is 169 Å². The molecule has 0 saturated heterocycles. The molecule has 1 atom stereocenters. The van der Waals surface area contributed by atoms with E-state index in [1.165, 1.54) is 18.3 Å². The Kier molecular flexibility index (Phi) is 6.47. The molecule has 4 N–H and O–H groups in total. The topological polar surface area (TPSA) is 99.2 Å². The number of aryl methyl sites for hydroxylation is 1. The molecule has 0 aliphatic heterocycles. The van der Waals surface area contributed by atoms with Crippen molar-refractivity contribution in [2.75, 3.05) is 10.7 Å². The van der Waals surface area contributed by atoms with Gasteiger partial charge >= 0.3 is 0 Å². The number of pyridine rings is 2. The van der Waals surface area contributed by atoms with Gasteiger partial charge in [0, 0.05) is 18.8 Å². The molecule has 3 aromatic rings. The zero-order valence-electron chi connectivity index (χ0n) is 15.7. The largest absolute Gasteiger partial charge is 0.352 e. The average molecular weight is 419 g/mol. The Morgan fingerprint density at radius 2 is 1.90 bits per heavy atom. The fourth-order valence-corrected chi connectivity index (χ4v) is 2.93. The van der Waals surface area contributed by atoms with Gasteiger partial charge in [0.1, 0.15) is 5.82 Å². The van der Waals surface area contributed by atoms with E-state index in [1.807, 2.05) is 11.8 Å². The van der Waals surface area contributed by atoms with Gasteiger partial charge in [-0.3, -0.25) is 15.0 Å². The minimum absolute atomic E-state index is 0.202. The first-order chi connectivity index (χ1) is 13.8. The van der Waals surface area contributed by atoms with Crippen LogP contribution < -0.4 is 15.6 Å². The molecule has 0 radical (unpaired) electrons. The van der Waals surface area contributed by atoms with Crippen molar-refractivity contribution in [3.8, 4) is 0 Å². The third kappa shape index (κ3) is 5.11. The summed E-state index contributed by atoms with van der Waals surface area (Å²) < 4.78 is 48.2. The van der Waals surface area contributed by atoms with Crippen LogP contribution in [0.15, 0.2) is 42.9 Å². The Balaban J connectivity index is 1.85. The second kappa shape index (κ2) is 9.03. The van der Waals surface area contributed by atoms with Crippen LogP contribution in [-0.4, -0.2) is 18.7 Å². The van der Waals surface area contributed by atoms with E-state index >= 15 is 0 Å². The van der Waals surface area contributed by atoms with Crippen molar-refractivity contribution >= 4 is 28.5 Å². The number of aromatic nitrogens is 2. The fourth-order valence-electron chi connectivity index (χ4n) is 2.74. The van der Waals surface area contributed by atoms with E-state index in [0.717, 1.165) is 16.7 Å². The number of nitrogens with zero attached hydrogens (tertiary/aromatic N) is 2. The van der Waals surface area contributed by atoms with Gasteiger partial charge in [0.15, 0.2) is 11.6 Å². The van der Waals surface area contributed by atoms with Crippen molar-refractivity contribution in [1.29, 1.82) is 0 Å². The molecule has 0 fully saturated rings. The molecule has 0 saturated carbocycles. The third-order valence-electron chi connectivity index (χ3n) is 4.32. The lowest BCUT2D eigenvalue weighted by Crippen LogP contribution is -2.25. The van der Waals surface area contributed by atoms with Crippen molar-refractivity contribution in [3.05, 3.63) is 76.7 Å². The van der Waals surface area contributed by atoms with Crippen LogP contribution in [0.3, 0.4) is 0 Å². The molecule has 3 rings (SSSR count). The Morgan fingerprint density at radius 3 is 2.62 bits per heavy atom. The maximum Gasteiger partial charge on any atom is 0.250 e. The van der Waals surface area contributed by atoms with Crippen LogP contribution in [0.4, 0.5) is 26.0 Å². The number of rotatable bonds is 7. The minimum atomic E-state index is -2.37. The van der Waals surface area contributed by atoms with Gasteiger partial charge in [0.2, 0.25) is 11.3 Å². The lowest BCUT2D eigenvalue weighted by molar-refractivity contribution is 0.553. The third-order valence-corrected chi connectivity index (χ3v) is 4.60. The SMILES string of the molecule is Cc1ccc(Nc2cncc(Cc3ccnc(NNS(=O)O)c3F)c2C)c(F)c1. The zero-order chi connectivity index (χ0) is 21.0. The summed E-state index contributed by atoms with van der Waals surface area (Å²) in [5.41, 5.74) is 5.84. The molecule has 0 amide bonds. The summed E-state index contributed by atoms with van der Waals surface area (Å²) in [6.07, 6.45) is 4.78. The van der Waals surface area contributed by atoms with Crippen molar-refractivity contribution in [2.45, 2.75) is 20.3 Å². The summed E-state index contributed by atoms with van der Waals surface area (Å²) in [6, 6.07) is 6.39. The predicted molar refractivity (Wildman–Crippen MR) is 108 cm³/mol. The first-order valence-corrected chi connectivity index (χ1v) is 9.68. The van der Waals surface area contributed by atoms with Gasteiger partial charge in [-0.2, -0.15) is 0 Å². The molecular formula is C19H19F2N5O2S. The summed E-state index contributed by atoms with van der Waals surface area (Å²) in [4.78, 5) is 9.94. The van der Waals surface area contributed by atoms with E-state index in [9.17, 15) is 13.0 Å². The first kappa shape index (κ1) is 20.8. The molecule has 29 heavy (non-hydrogen) atoms. The lowest BCUT2D eigenvalue weighted by Gasteiger charge is -2.14. The summed E-state index contributed by atoms with van der Waals surface area (Å²) in [5.74, 6) is -1.24. The van der Waals surface area contributed by atoms with Crippen molar-refractivity contribution in [3.63, 3.8) is 0 Å². The second-order valence-corrected chi connectivity index (χ2v) is 7.07. The number of benzene rings is 1. The highest BCUT2D eigenvalue weighted by Gasteiger charge is 2.14. The molecule has 152 valence electrons. The van der Waals surface area contributed by atoms with Crippen LogP contribution in [0, 0.1) is 25.5 Å². The van der Waals surface area contributed by atoms with E-state index in [4.69, 9.17) is 4.55 Å². The molecule has 2 aromatic heterocycles. The van der Waals surface area contributed by atoms with Crippen LogP contribution >= 0.6 is 0 Å². The smallest absolute Gasteiger partial charge is 0.250 e. The lowest BCUT2D eigenvalue weighted by atomic mass is 10.0. The van der Waals surface area contributed by atoms with Gasteiger partial charge in [0.25, 0.3) is 0 Å². The molecule has 0 aliphatic rings. The second-order valence-electron chi connectivity index (χ2n) is 6.37. The van der Waals surface area contributed by atoms with Crippen molar-refractivity contribution in [1.82, 2.24) is 14.8 Å². The van der Waals surface area contributed by atoms with E-state index in [2.05, 4.69) is 20.7 Å². The van der Waals surface area contributed by atoms with Crippen LogP contribution in [-0.2, 0) is 17.7 Å². The number of hydrazine groups is 1. The Hall–Kier alpha value is -2.95. The molecule has 0 bridgehead atoms. The summed E-state index contributed by atoms with van der Waals surface area (Å²) in [5, 5.41) is 3.03. The van der Waals surface area contributed by atoms with E-state index in [0.29, 0.717) is 16.9 Å². The molecule has 10 heteroatoms. The zero-order valence-corrected chi connectivity index (χ0v) is 16.5. The molecule has 2 heterocycles. The van der Waals surface area contributed by atoms with E-state index in [1.54, 1.807) is 31.5 Å². The van der Waals surface area contributed by atoms with Crippen molar-refractivity contribution < 1.29 is 17.5 Å². The van der Waals surface area contributed by atoms with Crippen LogP contribution in [0.2, 0.25) is 0 Å². The molecule has 1 aromatic carbocycles. The quantitative estimate of drug-likeness (QED) is 0.344. The fraction of sp³-hybridized carbons (Fsp3) is 0.158. The number of halogens is 2. The van der Waals surface area contributed by atoms with Gasteiger partial charge in [-0.25, -0.2) is 18.0 Å². The molecular weight excluding hydrogens is 400 g/mol. The van der Waals surface area contributed by atoms with Gasteiger partial charge in [-0.05, 0) is 54.3 Å². The maximum atomic E-state index is 14.6. The van der Waals surface area contributed by atoms with Gasteiger partial charge in [-0.1, -0.05) is 6.07 Å². The average Bonchev–Trinajstić information content (AvgIpc) is 2.67. The van der Waals surface area contributed by atoms with Crippen LogP contribution in [0.5, 0.6) is 0 Å². The highest BCUT2D eigenvalue weighted by molar-refractivity contribution is 7.77. The summed E-state index contributed by atoms with van der Waals surface area (Å²) >= 11 is -2.37. The minimum Gasteiger partial charge on any atom is -0.352 e.